The fourth-order valence-electron chi connectivity index (χ4n) is 2.50. The highest BCUT2D eigenvalue weighted by atomic mass is 16.5. The van der Waals surface area contributed by atoms with Crippen molar-refractivity contribution in [1.29, 1.82) is 0 Å². The number of benzene rings is 1. The first-order chi connectivity index (χ1) is 14.7. The molecule has 0 aliphatic rings. The molecule has 1 aromatic heterocycles. The molecule has 3 N–H and O–H groups in total. The third kappa shape index (κ3) is 5.44. The monoisotopic (exact) mass is 429 g/mol. The first-order valence-electron chi connectivity index (χ1n) is 9.09. The maximum atomic E-state index is 12.7. The average Bonchev–Trinajstić information content (AvgIpc) is 2.73. The molecule has 10 heteroatoms. The van der Waals surface area contributed by atoms with Crippen LogP contribution in [-0.2, 0) is 28.7 Å². The van der Waals surface area contributed by atoms with Gasteiger partial charge in [0.25, 0.3) is 11.6 Å². The van der Waals surface area contributed by atoms with Crippen molar-refractivity contribution in [1.82, 2.24) is 4.98 Å². The number of H-pyrrole nitrogens is 1. The van der Waals surface area contributed by atoms with Crippen molar-refractivity contribution in [2.45, 2.75) is 13.8 Å². The Morgan fingerprint density at radius 1 is 0.935 bits per heavy atom. The van der Waals surface area contributed by atoms with E-state index in [1.165, 1.54) is 32.0 Å². The lowest BCUT2D eigenvalue weighted by molar-refractivity contribution is -0.151. The molecule has 0 unspecified atom stereocenters. The zero-order chi connectivity index (χ0) is 23.1. The van der Waals surface area contributed by atoms with Gasteiger partial charge in [-0.1, -0.05) is 0 Å². The highest BCUT2D eigenvalue weighted by molar-refractivity contribution is 6.39. The summed E-state index contributed by atoms with van der Waals surface area (Å²) in [5.41, 5.74) is -0.663. The third-order valence-electron chi connectivity index (χ3n) is 3.94. The Kier molecular flexibility index (Phi) is 7.45. The first kappa shape index (κ1) is 23.1. The summed E-state index contributed by atoms with van der Waals surface area (Å²) in [6, 6.07) is 4.05. The minimum absolute atomic E-state index is 0.00191. The predicted octanol–water partition coefficient (Wildman–Crippen LogP) is 1.59. The zero-order valence-electron chi connectivity index (χ0n) is 16.6. The normalized spacial score (nSPS) is 11.8. The van der Waals surface area contributed by atoms with E-state index in [1.54, 1.807) is 0 Å². The highest BCUT2D eigenvalue weighted by Crippen LogP contribution is 2.18. The van der Waals surface area contributed by atoms with Gasteiger partial charge < -0.3 is 24.7 Å². The summed E-state index contributed by atoms with van der Waals surface area (Å²) >= 11 is 0. The van der Waals surface area contributed by atoms with Crippen LogP contribution >= 0.6 is 0 Å². The minimum Gasteiger partial charge on any atom is -0.507 e. The van der Waals surface area contributed by atoms with Crippen molar-refractivity contribution in [3.63, 3.8) is 0 Å². The number of pyridine rings is 1. The van der Waals surface area contributed by atoms with Gasteiger partial charge in [-0.3, -0.25) is 14.4 Å². The molecule has 1 aromatic carbocycles. The first-order valence-corrected chi connectivity index (χ1v) is 9.09. The van der Waals surface area contributed by atoms with Crippen LogP contribution in [0.25, 0.3) is 22.4 Å². The van der Waals surface area contributed by atoms with Crippen LogP contribution in [0, 0.1) is 0 Å². The molecule has 162 valence electrons. The molecule has 0 spiro atoms. The lowest BCUT2D eigenvalue weighted by Gasteiger charge is -2.06. The lowest BCUT2D eigenvalue weighted by atomic mass is 10.1. The number of esters is 2. The van der Waals surface area contributed by atoms with Gasteiger partial charge in [0.05, 0.1) is 18.8 Å². The van der Waals surface area contributed by atoms with Gasteiger partial charge in [0.15, 0.2) is 5.43 Å². The molecule has 2 aromatic rings. The standard InChI is InChI=1S/C21H19NO9/c1-3-30-20(28)17(25)8-15(23)11-5-6-14-12(7-11)19(27)13(10-22-14)16(24)9-18(26)21(29)31-4-2/h5-10,23-24H,3-4H2,1-2H3,(H,22,27). The maximum absolute atomic E-state index is 12.7. The number of carbonyl (C=O) groups is 4. The zero-order valence-corrected chi connectivity index (χ0v) is 16.6. The van der Waals surface area contributed by atoms with E-state index in [1.807, 2.05) is 0 Å². The SMILES string of the molecule is CCOC(=O)C(=O)C=C(O)c1ccc2[nH]cc(C(O)=CC(=O)C(=O)OCC)c(=O)c2c1. The summed E-state index contributed by atoms with van der Waals surface area (Å²) in [6.07, 6.45) is 2.37. The molecule has 0 fully saturated rings. The van der Waals surface area contributed by atoms with Crippen LogP contribution in [0.5, 0.6) is 0 Å². The molecule has 2 rings (SSSR count). The number of aromatic nitrogens is 1. The van der Waals surface area contributed by atoms with Crippen molar-refractivity contribution >= 4 is 45.9 Å². The number of hydrogen-bond donors (Lipinski definition) is 3. The Labute approximate surface area is 175 Å². The highest BCUT2D eigenvalue weighted by Gasteiger charge is 2.17. The number of nitrogens with one attached hydrogen (secondary N) is 1. The number of aromatic amines is 1. The second-order valence-corrected chi connectivity index (χ2v) is 6.02. The van der Waals surface area contributed by atoms with Crippen molar-refractivity contribution < 1.29 is 38.9 Å². The average molecular weight is 429 g/mol. The molecule has 0 atom stereocenters. The Morgan fingerprint density at radius 2 is 1.48 bits per heavy atom. The van der Waals surface area contributed by atoms with Crippen LogP contribution in [0.3, 0.4) is 0 Å². The molecule has 0 aliphatic heterocycles. The third-order valence-corrected chi connectivity index (χ3v) is 3.94. The van der Waals surface area contributed by atoms with Crippen LogP contribution in [0.4, 0.5) is 0 Å². The summed E-state index contributed by atoms with van der Waals surface area (Å²) in [4.78, 5) is 61.7. The molecule has 0 saturated carbocycles. The maximum Gasteiger partial charge on any atom is 0.379 e. The van der Waals surface area contributed by atoms with E-state index in [4.69, 9.17) is 0 Å². The van der Waals surface area contributed by atoms with E-state index < -0.39 is 40.5 Å². The minimum atomic E-state index is -1.19. The molecule has 0 amide bonds. The van der Waals surface area contributed by atoms with E-state index in [0.717, 1.165) is 6.20 Å². The van der Waals surface area contributed by atoms with Gasteiger partial charge in [-0.05, 0) is 32.0 Å². The van der Waals surface area contributed by atoms with Gasteiger partial charge in [-0.2, -0.15) is 0 Å². The molecular weight excluding hydrogens is 410 g/mol. The quantitative estimate of drug-likeness (QED) is 0.245. The summed E-state index contributed by atoms with van der Waals surface area (Å²) in [6.45, 7) is 2.98. The van der Waals surface area contributed by atoms with Crippen LogP contribution in [-0.4, -0.2) is 51.9 Å². The largest absolute Gasteiger partial charge is 0.507 e. The number of ketones is 2. The molecule has 0 bridgehead atoms. The second kappa shape index (κ2) is 10.0. The molecular formula is C21H19NO9. The van der Waals surface area contributed by atoms with Crippen LogP contribution in [0.1, 0.15) is 25.0 Å². The molecule has 10 nitrogen and oxygen atoms in total. The number of hydrogen-bond acceptors (Lipinski definition) is 9. The van der Waals surface area contributed by atoms with Crippen molar-refractivity contribution in [2.75, 3.05) is 13.2 Å². The predicted molar refractivity (Wildman–Crippen MR) is 109 cm³/mol. The number of ether oxygens (including phenoxy) is 2. The molecule has 31 heavy (non-hydrogen) atoms. The summed E-state index contributed by atoms with van der Waals surface area (Å²) < 4.78 is 9.06. The van der Waals surface area contributed by atoms with Gasteiger partial charge in [0, 0.05) is 34.8 Å². The van der Waals surface area contributed by atoms with Gasteiger partial charge in [0.1, 0.15) is 11.5 Å². The fourth-order valence-corrected chi connectivity index (χ4v) is 2.50. The summed E-state index contributed by atoms with van der Waals surface area (Å²) in [5.74, 6) is -5.90. The number of carbonyl (C=O) groups excluding carboxylic acids is 4. The number of rotatable bonds is 8. The molecule has 0 saturated heterocycles. The number of fused-ring (bicyclic) bond motifs is 1. The van der Waals surface area contributed by atoms with Crippen LogP contribution < -0.4 is 5.43 Å². The van der Waals surface area contributed by atoms with Crippen molar-refractivity contribution in [3.05, 3.63) is 57.9 Å². The molecule has 0 aliphatic carbocycles. The number of aliphatic hydroxyl groups is 2. The van der Waals surface area contributed by atoms with Gasteiger partial charge in [-0.15, -0.1) is 0 Å². The summed E-state index contributed by atoms with van der Waals surface area (Å²) in [7, 11) is 0. The molecule has 0 radical (unpaired) electrons. The Bertz CT molecular complexity index is 1170. The van der Waals surface area contributed by atoms with Gasteiger partial charge >= 0.3 is 11.9 Å². The topological polar surface area (TPSA) is 160 Å². The number of aliphatic hydroxyl groups excluding tert-OH is 2. The van der Waals surface area contributed by atoms with Crippen LogP contribution in [0.15, 0.2) is 41.3 Å². The Balaban J connectivity index is 2.45. The Hall–Kier alpha value is -4.21. The Morgan fingerprint density at radius 3 is 2.03 bits per heavy atom. The second-order valence-electron chi connectivity index (χ2n) is 6.02. The molecule has 1 heterocycles. The van der Waals surface area contributed by atoms with Crippen LogP contribution in [0.2, 0.25) is 0 Å². The van der Waals surface area contributed by atoms with Gasteiger partial charge in [0.2, 0.25) is 0 Å². The fraction of sp³-hybridized carbons (Fsp3) is 0.190. The van der Waals surface area contributed by atoms with E-state index in [2.05, 4.69) is 14.5 Å². The van der Waals surface area contributed by atoms with Gasteiger partial charge in [-0.25, -0.2) is 9.59 Å². The lowest BCUT2D eigenvalue weighted by Crippen LogP contribution is -2.16. The van der Waals surface area contributed by atoms with E-state index in [0.29, 0.717) is 17.7 Å². The van der Waals surface area contributed by atoms with E-state index in [9.17, 15) is 34.2 Å². The van der Waals surface area contributed by atoms with E-state index >= 15 is 0 Å². The van der Waals surface area contributed by atoms with Crippen molar-refractivity contribution in [3.8, 4) is 0 Å². The summed E-state index contributed by atoms with van der Waals surface area (Å²) in [5, 5.41) is 20.2. The van der Waals surface area contributed by atoms with Crippen molar-refractivity contribution in [2.24, 2.45) is 0 Å². The van der Waals surface area contributed by atoms with E-state index in [-0.39, 0.29) is 29.7 Å². The smallest absolute Gasteiger partial charge is 0.379 e.